The Morgan fingerprint density at radius 2 is 1.51 bits per heavy atom. The number of nitrogens with one attached hydrogen (secondary N) is 1. The van der Waals surface area contributed by atoms with Crippen LogP contribution in [-0.4, -0.2) is 11.9 Å². The topological polar surface area (TPSA) is 59.6 Å². The number of hydrogen-bond donors (Lipinski definition) is 2. The predicted molar refractivity (Wildman–Crippen MR) is 216 cm³/mol. The summed E-state index contributed by atoms with van der Waals surface area (Å²) in [7, 11) is 0. The quantitative estimate of drug-likeness (QED) is 0.129. The molecule has 0 radical (unpaired) electrons. The van der Waals surface area contributed by atoms with Gasteiger partial charge in [-0.25, -0.2) is 4.99 Å². The molecule has 8 aromatic rings. The van der Waals surface area contributed by atoms with Gasteiger partial charge < -0.3 is 10.5 Å². The van der Waals surface area contributed by atoms with Crippen molar-refractivity contribution >= 4 is 68.9 Å². The lowest BCUT2D eigenvalue weighted by Gasteiger charge is -2.19. The van der Waals surface area contributed by atoms with Crippen LogP contribution in [0.4, 0.5) is 0 Å². The maximum absolute atomic E-state index is 6.90. The van der Waals surface area contributed by atoms with Crippen LogP contribution < -0.4 is 15.8 Å². The first-order chi connectivity index (χ1) is 25.2. The summed E-state index contributed by atoms with van der Waals surface area (Å²) in [6.07, 6.45) is 8.11. The summed E-state index contributed by atoms with van der Waals surface area (Å²) in [6.45, 7) is 0.643. The van der Waals surface area contributed by atoms with Gasteiger partial charge in [0.2, 0.25) is 0 Å². The Hall–Kier alpha value is -5.53. The molecule has 0 fully saturated rings. The fourth-order valence-corrected chi connectivity index (χ4v) is 10.00. The monoisotopic (exact) mass is 695 g/mol. The van der Waals surface area contributed by atoms with Gasteiger partial charge in [-0.05, 0) is 53.1 Å². The minimum absolute atomic E-state index is 0.00471. The van der Waals surface area contributed by atoms with Crippen molar-refractivity contribution in [2.75, 3.05) is 0 Å². The molecule has 1 aliphatic carbocycles. The van der Waals surface area contributed by atoms with Gasteiger partial charge in [-0.1, -0.05) is 115 Å². The van der Waals surface area contributed by atoms with Crippen molar-refractivity contribution in [1.29, 1.82) is 0 Å². The number of aliphatic imine (C=N–C) groups is 1. The van der Waals surface area contributed by atoms with E-state index in [9.17, 15) is 0 Å². The molecule has 3 N–H and O–H groups in total. The van der Waals surface area contributed by atoms with Crippen LogP contribution in [0.1, 0.15) is 34.3 Å². The maximum Gasteiger partial charge on any atom is 0.131 e. The van der Waals surface area contributed by atoms with Crippen LogP contribution in [0.25, 0.3) is 51.5 Å². The molecule has 3 unspecified atom stereocenters. The highest BCUT2D eigenvalue weighted by Gasteiger charge is 2.35. The smallest absolute Gasteiger partial charge is 0.131 e. The highest BCUT2D eigenvalue weighted by molar-refractivity contribution is 7.26. The van der Waals surface area contributed by atoms with E-state index in [4.69, 9.17) is 15.5 Å². The van der Waals surface area contributed by atoms with Gasteiger partial charge in [-0.3, -0.25) is 5.32 Å². The van der Waals surface area contributed by atoms with E-state index in [1.165, 1.54) is 62.6 Å². The van der Waals surface area contributed by atoms with Crippen molar-refractivity contribution in [3.63, 3.8) is 0 Å². The zero-order valence-corrected chi connectivity index (χ0v) is 29.3. The molecule has 2 aliphatic rings. The Balaban J connectivity index is 1.02. The first-order valence-electron chi connectivity index (χ1n) is 17.3. The second-order valence-electron chi connectivity index (χ2n) is 13.2. The van der Waals surface area contributed by atoms with Crippen molar-refractivity contribution in [3.8, 4) is 16.9 Å². The molecule has 6 heteroatoms. The molecular weight excluding hydrogens is 663 g/mol. The third-order valence-corrected chi connectivity index (χ3v) is 12.5. The Kier molecular flexibility index (Phi) is 7.34. The predicted octanol–water partition coefficient (Wildman–Crippen LogP) is 11.3. The minimum atomic E-state index is -0.401. The number of ether oxygens (including phenoxy) is 1. The van der Waals surface area contributed by atoms with Crippen LogP contribution in [-0.2, 0) is 6.54 Å². The molecule has 4 nitrogen and oxygen atoms in total. The summed E-state index contributed by atoms with van der Waals surface area (Å²) in [5, 5.41) is 8.75. The molecule has 3 atom stereocenters. The molecule has 2 aromatic heterocycles. The summed E-state index contributed by atoms with van der Waals surface area (Å²) in [5.74, 6) is 1.59. The van der Waals surface area contributed by atoms with Crippen LogP contribution >= 0.6 is 22.7 Å². The second-order valence-corrected chi connectivity index (χ2v) is 15.4. The van der Waals surface area contributed by atoms with Crippen molar-refractivity contribution in [2.24, 2.45) is 10.7 Å². The molecule has 246 valence electrons. The Morgan fingerprint density at radius 1 is 0.706 bits per heavy atom. The molecule has 10 rings (SSSR count). The number of thiophene rings is 2. The number of hydrogen-bond acceptors (Lipinski definition) is 5. The maximum atomic E-state index is 6.90. The van der Waals surface area contributed by atoms with Crippen LogP contribution in [0.5, 0.6) is 5.75 Å². The van der Waals surface area contributed by atoms with Gasteiger partial charge in [0, 0.05) is 69.5 Å². The van der Waals surface area contributed by atoms with Crippen molar-refractivity contribution < 1.29 is 4.74 Å². The van der Waals surface area contributed by atoms with Crippen molar-refractivity contribution in [1.82, 2.24) is 5.32 Å². The highest BCUT2D eigenvalue weighted by Crippen LogP contribution is 2.46. The van der Waals surface area contributed by atoms with E-state index < -0.39 is 6.17 Å². The van der Waals surface area contributed by atoms with Crippen molar-refractivity contribution in [3.05, 3.63) is 174 Å². The van der Waals surface area contributed by atoms with E-state index in [2.05, 4.69) is 151 Å². The van der Waals surface area contributed by atoms with E-state index in [0.717, 1.165) is 16.9 Å². The van der Waals surface area contributed by atoms with E-state index in [-0.39, 0.29) is 12.0 Å². The highest BCUT2D eigenvalue weighted by atomic mass is 32.1. The van der Waals surface area contributed by atoms with Gasteiger partial charge in [0.05, 0.1) is 0 Å². The lowest BCUT2D eigenvalue weighted by molar-refractivity contribution is 0.264. The summed E-state index contributed by atoms with van der Waals surface area (Å²) >= 11 is 3.70. The van der Waals surface area contributed by atoms with Gasteiger partial charge in [0.1, 0.15) is 23.9 Å². The van der Waals surface area contributed by atoms with Crippen LogP contribution in [0.15, 0.2) is 157 Å². The number of fused-ring (bicyclic) bond motifs is 9. The third-order valence-electron chi connectivity index (χ3n) is 10.2. The minimum Gasteiger partial charge on any atom is -0.485 e. The number of para-hydroxylation sites is 1. The number of benzene rings is 6. The molecule has 0 saturated heterocycles. The molecule has 0 bridgehead atoms. The molecule has 6 aromatic carbocycles. The lowest BCUT2D eigenvalue weighted by Crippen LogP contribution is -2.24. The van der Waals surface area contributed by atoms with Crippen LogP contribution in [0.3, 0.4) is 0 Å². The van der Waals surface area contributed by atoms with E-state index in [1.807, 2.05) is 28.7 Å². The van der Waals surface area contributed by atoms with Gasteiger partial charge in [0.25, 0.3) is 0 Å². The van der Waals surface area contributed by atoms with Gasteiger partial charge in [-0.2, -0.15) is 0 Å². The summed E-state index contributed by atoms with van der Waals surface area (Å²) in [5.41, 5.74) is 13.7. The van der Waals surface area contributed by atoms with Crippen LogP contribution in [0.2, 0.25) is 0 Å². The average molecular weight is 696 g/mol. The van der Waals surface area contributed by atoms with E-state index >= 15 is 0 Å². The van der Waals surface area contributed by atoms with Crippen molar-refractivity contribution in [2.45, 2.75) is 24.7 Å². The first kappa shape index (κ1) is 30.3. The second kappa shape index (κ2) is 12.4. The largest absolute Gasteiger partial charge is 0.485 e. The number of nitrogens with two attached hydrogens (primary N) is 1. The fraction of sp³-hybridized carbons (Fsp3) is 0.0889. The standard InChI is InChI=1S/C45H33N3OS2/c46-44(48-45(47-26-27-10-2-1-3-11-27)36-17-9-15-34-31-12-4-6-18-38(31)49-42(34)36)29-21-23-40-37(24-29)33-22-20-28(25-41(33)50-40)30-14-8-16-35-32-13-5-7-19-39(32)51-43(30)35/h1-25,31,38,45,47H,26H2,(H2,46,48). The molecule has 0 amide bonds. The summed E-state index contributed by atoms with van der Waals surface area (Å²) in [6, 6.07) is 45.5. The number of rotatable bonds is 7. The Morgan fingerprint density at radius 3 is 2.45 bits per heavy atom. The molecule has 0 saturated carbocycles. The van der Waals surface area contributed by atoms with Gasteiger partial charge in [0.15, 0.2) is 0 Å². The fourth-order valence-electron chi connectivity index (χ4n) is 7.63. The molecular formula is C45H33N3OS2. The average Bonchev–Trinajstić information content (AvgIpc) is 3.87. The molecule has 0 spiro atoms. The Labute approximate surface area is 303 Å². The molecule has 51 heavy (non-hydrogen) atoms. The Bertz CT molecular complexity index is 2720. The third kappa shape index (κ3) is 5.26. The number of amidine groups is 1. The molecule has 3 heterocycles. The zero-order chi connectivity index (χ0) is 33.9. The zero-order valence-electron chi connectivity index (χ0n) is 27.6. The van der Waals surface area contributed by atoms with Crippen LogP contribution in [0, 0.1) is 0 Å². The normalized spacial score (nSPS) is 17.3. The lowest BCUT2D eigenvalue weighted by atomic mass is 9.91. The van der Waals surface area contributed by atoms with Gasteiger partial charge >= 0.3 is 0 Å². The van der Waals surface area contributed by atoms with E-state index in [1.54, 1.807) is 0 Å². The SMILES string of the molecule is N/C(=N\C(NCc1ccccc1)c1cccc2c1OC1C=CC=CC21)c1ccc2sc3cc(-c4cccc5c4sc4ccccc45)ccc3c2c1. The summed E-state index contributed by atoms with van der Waals surface area (Å²) in [4.78, 5) is 5.17. The summed E-state index contributed by atoms with van der Waals surface area (Å²) < 4.78 is 11.7. The first-order valence-corrected chi connectivity index (χ1v) is 18.9. The number of nitrogens with zero attached hydrogens (tertiary/aromatic N) is 1. The molecule has 1 aliphatic heterocycles. The van der Waals surface area contributed by atoms with E-state index in [0.29, 0.717) is 12.4 Å². The number of allylic oxidation sites excluding steroid dienone is 2. The van der Waals surface area contributed by atoms with Gasteiger partial charge in [-0.15, -0.1) is 22.7 Å².